The second-order valence-corrected chi connectivity index (χ2v) is 10.7. The predicted octanol–water partition coefficient (Wildman–Crippen LogP) is 3.17. The highest BCUT2D eigenvalue weighted by Crippen LogP contribution is 2.22. The fourth-order valence-corrected chi connectivity index (χ4v) is 4.92. The number of nitrogens with one attached hydrogen (secondary N) is 1. The summed E-state index contributed by atoms with van der Waals surface area (Å²) in [6.07, 6.45) is 4.27. The summed E-state index contributed by atoms with van der Waals surface area (Å²) >= 11 is 0. The number of carbonyl (C=O) groups excluding carboxylic acids is 1. The van der Waals surface area contributed by atoms with Gasteiger partial charge in [0.05, 0.1) is 4.90 Å². The summed E-state index contributed by atoms with van der Waals surface area (Å²) in [7, 11) is -3.56. The van der Waals surface area contributed by atoms with Crippen LogP contribution in [-0.4, -0.2) is 70.0 Å². The van der Waals surface area contributed by atoms with Gasteiger partial charge in [-0.3, -0.25) is 9.69 Å². The van der Waals surface area contributed by atoms with Crippen molar-refractivity contribution in [3.63, 3.8) is 0 Å². The summed E-state index contributed by atoms with van der Waals surface area (Å²) < 4.78 is 33.2. The molecule has 0 aliphatic carbocycles. The molecule has 1 amide bonds. The Bertz CT molecular complexity index is 1080. The van der Waals surface area contributed by atoms with Crippen molar-refractivity contribution in [3.05, 3.63) is 65.7 Å². The lowest BCUT2D eigenvalue weighted by atomic mass is 10.2. The van der Waals surface area contributed by atoms with Gasteiger partial charge in [-0.15, -0.1) is 0 Å². The van der Waals surface area contributed by atoms with Gasteiger partial charge in [-0.1, -0.05) is 56.3 Å². The minimum atomic E-state index is -3.56. The van der Waals surface area contributed by atoms with Crippen LogP contribution >= 0.6 is 0 Å². The number of carbonyl (C=O) groups is 1. The second kappa shape index (κ2) is 12.1. The number of piperazine rings is 1. The molecule has 0 aromatic heterocycles. The van der Waals surface area contributed by atoms with E-state index < -0.39 is 10.0 Å². The number of nitrogens with zero attached hydrogens (tertiary/aromatic N) is 2. The van der Waals surface area contributed by atoms with Crippen LogP contribution in [0, 0.1) is 12.8 Å². The number of rotatable bonds is 10. The Morgan fingerprint density at radius 2 is 1.79 bits per heavy atom. The number of benzene rings is 2. The molecule has 0 saturated carbocycles. The first-order valence-corrected chi connectivity index (χ1v) is 13.2. The zero-order chi connectivity index (χ0) is 24.6. The van der Waals surface area contributed by atoms with Crippen molar-refractivity contribution in [2.45, 2.75) is 25.7 Å². The average Bonchev–Trinajstić information content (AvgIpc) is 2.83. The molecule has 8 heteroatoms. The van der Waals surface area contributed by atoms with E-state index in [4.69, 9.17) is 4.74 Å². The molecule has 1 saturated heterocycles. The van der Waals surface area contributed by atoms with Crippen LogP contribution < -0.4 is 9.46 Å². The molecule has 7 nitrogen and oxygen atoms in total. The minimum Gasteiger partial charge on any atom is -0.483 e. The van der Waals surface area contributed by atoms with E-state index in [1.54, 1.807) is 19.1 Å². The van der Waals surface area contributed by atoms with Crippen LogP contribution in [0.25, 0.3) is 6.08 Å². The molecule has 2 aromatic carbocycles. The quantitative estimate of drug-likeness (QED) is 0.559. The molecular formula is C26H35N3O4S. The summed E-state index contributed by atoms with van der Waals surface area (Å²) in [4.78, 5) is 17.0. The third kappa shape index (κ3) is 7.68. The van der Waals surface area contributed by atoms with Gasteiger partial charge in [-0.2, -0.15) is 0 Å². The van der Waals surface area contributed by atoms with Crippen molar-refractivity contribution in [2.75, 3.05) is 45.9 Å². The molecule has 1 N–H and O–H groups in total. The van der Waals surface area contributed by atoms with Crippen molar-refractivity contribution in [3.8, 4) is 5.75 Å². The smallest absolute Gasteiger partial charge is 0.260 e. The topological polar surface area (TPSA) is 78.9 Å². The maximum absolute atomic E-state index is 12.6. The van der Waals surface area contributed by atoms with E-state index in [1.807, 2.05) is 36.9 Å². The Kier molecular flexibility index (Phi) is 9.27. The maximum Gasteiger partial charge on any atom is 0.260 e. The van der Waals surface area contributed by atoms with E-state index in [-0.39, 0.29) is 23.3 Å². The molecule has 3 rings (SSSR count). The van der Waals surface area contributed by atoms with Crippen molar-refractivity contribution in [1.29, 1.82) is 0 Å². The van der Waals surface area contributed by atoms with Crippen LogP contribution in [0.1, 0.15) is 25.0 Å². The van der Waals surface area contributed by atoms with Crippen LogP contribution in [0.15, 0.2) is 59.5 Å². The lowest BCUT2D eigenvalue weighted by molar-refractivity contribution is -0.135. The fraction of sp³-hybridized carbons (Fsp3) is 0.423. The number of hydrogen-bond donors (Lipinski definition) is 1. The third-order valence-corrected chi connectivity index (χ3v) is 7.11. The summed E-state index contributed by atoms with van der Waals surface area (Å²) in [6, 6.07) is 14.9. The fourth-order valence-electron chi connectivity index (χ4n) is 3.62. The standard InChI is InChI=1S/C26H35N3O4S/c1-21(2)19-27-34(31,32)24-11-12-25(22(3)18-24)33-20-26(30)29-16-14-28(15-17-29)13-7-10-23-8-5-4-6-9-23/h4-12,18,21,27H,13-17,19-20H2,1-3H3/b10-7+. The molecule has 184 valence electrons. The van der Waals surface area contributed by atoms with Crippen molar-refractivity contribution in [1.82, 2.24) is 14.5 Å². The van der Waals surface area contributed by atoms with Gasteiger partial charge in [0.25, 0.3) is 5.91 Å². The summed E-state index contributed by atoms with van der Waals surface area (Å²) in [5.74, 6) is 0.673. The first-order valence-electron chi connectivity index (χ1n) is 11.7. The molecule has 0 spiro atoms. The molecule has 0 radical (unpaired) electrons. The Hall–Kier alpha value is -2.68. The van der Waals surface area contributed by atoms with Crippen molar-refractivity contribution >= 4 is 22.0 Å². The third-order valence-electron chi connectivity index (χ3n) is 5.69. The normalized spacial score (nSPS) is 15.2. The zero-order valence-corrected chi connectivity index (χ0v) is 21.1. The van der Waals surface area contributed by atoms with Gasteiger partial charge >= 0.3 is 0 Å². The summed E-state index contributed by atoms with van der Waals surface area (Å²) in [5.41, 5.74) is 1.86. The van der Waals surface area contributed by atoms with Crippen LogP contribution in [0.4, 0.5) is 0 Å². The first kappa shape index (κ1) is 25.9. The zero-order valence-electron chi connectivity index (χ0n) is 20.2. The maximum atomic E-state index is 12.6. The van der Waals surface area contributed by atoms with Gasteiger partial charge < -0.3 is 9.64 Å². The molecule has 1 fully saturated rings. The largest absolute Gasteiger partial charge is 0.483 e. The lowest BCUT2D eigenvalue weighted by Gasteiger charge is -2.34. The Morgan fingerprint density at radius 3 is 2.44 bits per heavy atom. The number of aryl methyl sites for hydroxylation is 1. The van der Waals surface area contributed by atoms with Gasteiger partial charge in [-0.25, -0.2) is 13.1 Å². The van der Waals surface area contributed by atoms with Gasteiger partial charge in [-0.05, 0) is 42.2 Å². The van der Waals surface area contributed by atoms with E-state index in [2.05, 4.69) is 33.9 Å². The highest BCUT2D eigenvalue weighted by Gasteiger charge is 2.21. The van der Waals surface area contributed by atoms with Crippen molar-refractivity contribution in [2.24, 2.45) is 5.92 Å². The molecule has 0 bridgehead atoms. The molecule has 1 heterocycles. The lowest BCUT2D eigenvalue weighted by Crippen LogP contribution is -2.49. The second-order valence-electron chi connectivity index (χ2n) is 8.96. The molecule has 1 aliphatic rings. The van der Waals surface area contributed by atoms with Gasteiger partial charge in [0.1, 0.15) is 5.75 Å². The van der Waals surface area contributed by atoms with Gasteiger partial charge in [0.15, 0.2) is 6.61 Å². The summed E-state index contributed by atoms with van der Waals surface area (Å²) in [6.45, 7) is 9.82. The number of sulfonamides is 1. The molecular weight excluding hydrogens is 450 g/mol. The molecule has 0 atom stereocenters. The molecule has 2 aromatic rings. The molecule has 34 heavy (non-hydrogen) atoms. The highest BCUT2D eigenvalue weighted by atomic mass is 32.2. The number of ether oxygens (including phenoxy) is 1. The Morgan fingerprint density at radius 1 is 1.09 bits per heavy atom. The van der Waals surface area contributed by atoms with Crippen LogP contribution in [0.2, 0.25) is 0 Å². The van der Waals surface area contributed by atoms with E-state index in [9.17, 15) is 13.2 Å². The van der Waals surface area contributed by atoms with E-state index in [1.165, 1.54) is 11.6 Å². The predicted molar refractivity (Wildman–Crippen MR) is 135 cm³/mol. The van der Waals surface area contributed by atoms with Gasteiger partial charge in [0.2, 0.25) is 10.0 Å². The van der Waals surface area contributed by atoms with Crippen molar-refractivity contribution < 1.29 is 17.9 Å². The van der Waals surface area contributed by atoms with Crippen LogP contribution in [0.5, 0.6) is 5.75 Å². The number of amides is 1. The number of hydrogen-bond acceptors (Lipinski definition) is 5. The minimum absolute atomic E-state index is 0.0609. The Balaban J connectivity index is 1.44. The van der Waals surface area contributed by atoms with Crippen LogP contribution in [0.3, 0.4) is 0 Å². The van der Waals surface area contributed by atoms with E-state index in [0.717, 1.165) is 19.6 Å². The summed E-state index contributed by atoms with van der Waals surface area (Å²) in [5, 5.41) is 0. The monoisotopic (exact) mass is 485 g/mol. The Labute approximate surface area is 203 Å². The van der Waals surface area contributed by atoms with E-state index >= 15 is 0 Å². The average molecular weight is 486 g/mol. The highest BCUT2D eigenvalue weighted by molar-refractivity contribution is 7.89. The van der Waals surface area contributed by atoms with E-state index in [0.29, 0.717) is 30.9 Å². The van der Waals surface area contributed by atoms with Gasteiger partial charge in [0, 0.05) is 39.3 Å². The molecule has 1 aliphatic heterocycles. The molecule has 0 unspecified atom stereocenters. The first-order chi connectivity index (χ1) is 16.2. The SMILES string of the molecule is Cc1cc(S(=O)(=O)NCC(C)C)ccc1OCC(=O)N1CCN(C/C=C/c2ccccc2)CC1. The van der Waals surface area contributed by atoms with Crippen LogP contribution in [-0.2, 0) is 14.8 Å².